The van der Waals surface area contributed by atoms with E-state index < -0.39 is 5.97 Å². The first-order valence-corrected chi connectivity index (χ1v) is 6.08. The highest BCUT2D eigenvalue weighted by Gasteiger charge is 2.09. The molecule has 0 spiro atoms. The number of hydrogen-bond donors (Lipinski definition) is 2. The summed E-state index contributed by atoms with van der Waals surface area (Å²) in [4.78, 5) is 21.0. The monoisotopic (exact) mass is 272 g/mol. The number of nitrogens with zero attached hydrogens (tertiary/aromatic N) is 3. The Kier molecular flexibility index (Phi) is 3.84. The molecule has 20 heavy (non-hydrogen) atoms. The highest BCUT2D eigenvalue weighted by atomic mass is 16.4. The predicted molar refractivity (Wildman–Crippen MR) is 77.8 cm³/mol. The molecule has 6 nitrogen and oxygen atoms in total. The van der Waals surface area contributed by atoms with Gasteiger partial charge in [0, 0.05) is 31.7 Å². The second-order valence-corrected chi connectivity index (χ2v) is 4.56. The van der Waals surface area contributed by atoms with Crippen LogP contribution in [0.3, 0.4) is 0 Å². The van der Waals surface area contributed by atoms with Gasteiger partial charge < -0.3 is 15.3 Å². The number of anilines is 3. The minimum Gasteiger partial charge on any atom is -0.478 e. The first-order valence-electron chi connectivity index (χ1n) is 6.08. The van der Waals surface area contributed by atoms with Crippen molar-refractivity contribution in [2.24, 2.45) is 0 Å². The van der Waals surface area contributed by atoms with Crippen LogP contribution in [0.25, 0.3) is 0 Å². The molecule has 0 aliphatic heterocycles. The zero-order chi connectivity index (χ0) is 14.7. The molecule has 1 heterocycles. The third kappa shape index (κ3) is 3.03. The molecule has 0 amide bonds. The molecule has 0 radical (unpaired) electrons. The number of aromatic carboxylic acids is 1. The van der Waals surface area contributed by atoms with Crippen molar-refractivity contribution < 1.29 is 9.90 Å². The minimum atomic E-state index is -1.02. The molecule has 0 atom stereocenters. The molecule has 104 valence electrons. The third-order valence-corrected chi connectivity index (χ3v) is 2.85. The minimum absolute atomic E-state index is 0.110. The summed E-state index contributed by atoms with van der Waals surface area (Å²) in [5.74, 6) is -0.644. The molecule has 1 aromatic heterocycles. The van der Waals surface area contributed by atoms with Gasteiger partial charge in [-0.1, -0.05) is 0 Å². The fraction of sp³-hybridized carbons (Fsp3) is 0.214. The van der Waals surface area contributed by atoms with Crippen molar-refractivity contribution in [3.05, 3.63) is 41.7 Å². The Morgan fingerprint density at radius 1 is 1.25 bits per heavy atom. The lowest BCUT2D eigenvalue weighted by atomic mass is 10.2. The Balaban J connectivity index is 2.17. The second kappa shape index (κ2) is 5.56. The number of carbonyl (C=O) groups is 1. The lowest BCUT2D eigenvalue weighted by Gasteiger charge is -2.13. The molecule has 0 aliphatic carbocycles. The normalized spacial score (nSPS) is 10.2. The molecule has 2 N–H and O–H groups in total. The van der Waals surface area contributed by atoms with Gasteiger partial charge >= 0.3 is 5.97 Å². The van der Waals surface area contributed by atoms with Crippen molar-refractivity contribution in [3.8, 4) is 0 Å². The maximum atomic E-state index is 10.9. The largest absolute Gasteiger partial charge is 0.478 e. The van der Waals surface area contributed by atoms with E-state index in [-0.39, 0.29) is 5.56 Å². The van der Waals surface area contributed by atoms with Crippen LogP contribution < -0.4 is 10.2 Å². The van der Waals surface area contributed by atoms with Crippen LogP contribution >= 0.6 is 0 Å². The maximum Gasteiger partial charge on any atom is 0.339 e. The number of aryl methyl sites for hydroxylation is 1. The summed E-state index contributed by atoms with van der Waals surface area (Å²) in [6.07, 6.45) is 1.31. The molecular weight excluding hydrogens is 256 g/mol. The Morgan fingerprint density at radius 2 is 1.90 bits per heavy atom. The van der Waals surface area contributed by atoms with Crippen LogP contribution in [0.4, 0.5) is 17.3 Å². The molecule has 0 saturated heterocycles. The SMILES string of the molecule is Cc1nc(Nc2ccc(N(C)C)cc2)ncc1C(=O)O. The van der Waals surface area contributed by atoms with E-state index in [9.17, 15) is 4.79 Å². The molecule has 0 bridgehead atoms. The van der Waals surface area contributed by atoms with Crippen LogP contribution in [0.5, 0.6) is 0 Å². The van der Waals surface area contributed by atoms with Gasteiger partial charge in [-0.15, -0.1) is 0 Å². The van der Waals surface area contributed by atoms with E-state index in [0.29, 0.717) is 11.6 Å². The highest BCUT2D eigenvalue weighted by molar-refractivity contribution is 5.88. The summed E-state index contributed by atoms with van der Waals surface area (Å²) >= 11 is 0. The van der Waals surface area contributed by atoms with Crippen molar-refractivity contribution in [1.82, 2.24) is 9.97 Å². The average molecular weight is 272 g/mol. The summed E-state index contributed by atoms with van der Waals surface area (Å²) in [7, 11) is 3.94. The Labute approximate surface area is 117 Å². The van der Waals surface area contributed by atoms with Crippen LogP contribution in [0.2, 0.25) is 0 Å². The average Bonchev–Trinajstić information content (AvgIpc) is 2.39. The molecule has 0 aliphatic rings. The zero-order valence-corrected chi connectivity index (χ0v) is 11.6. The van der Waals surface area contributed by atoms with Gasteiger partial charge in [-0.05, 0) is 31.2 Å². The van der Waals surface area contributed by atoms with E-state index in [1.54, 1.807) is 6.92 Å². The predicted octanol–water partition coefficient (Wildman–Crippen LogP) is 2.29. The molecule has 0 fully saturated rings. The number of hydrogen-bond acceptors (Lipinski definition) is 5. The molecular formula is C14H16N4O2. The number of rotatable bonds is 4. The van der Waals surface area contributed by atoms with Crippen LogP contribution in [-0.2, 0) is 0 Å². The van der Waals surface area contributed by atoms with E-state index in [4.69, 9.17) is 5.11 Å². The molecule has 2 aromatic rings. The fourth-order valence-corrected chi connectivity index (χ4v) is 1.71. The summed E-state index contributed by atoms with van der Waals surface area (Å²) in [5, 5.41) is 12.0. The first kappa shape index (κ1) is 13.8. The van der Waals surface area contributed by atoms with Crippen molar-refractivity contribution in [3.63, 3.8) is 0 Å². The van der Waals surface area contributed by atoms with Gasteiger partial charge in [0.1, 0.15) is 0 Å². The van der Waals surface area contributed by atoms with Crippen molar-refractivity contribution in [2.75, 3.05) is 24.3 Å². The molecule has 0 saturated carbocycles. The van der Waals surface area contributed by atoms with Crippen LogP contribution in [0.15, 0.2) is 30.5 Å². The van der Waals surface area contributed by atoms with Gasteiger partial charge in [-0.3, -0.25) is 0 Å². The smallest absolute Gasteiger partial charge is 0.339 e. The Hall–Kier alpha value is -2.63. The van der Waals surface area contributed by atoms with Gasteiger partial charge in [0.15, 0.2) is 0 Å². The van der Waals surface area contributed by atoms with Crippen molar-refractivity contribution in [2.45, 2.75) is 6.92 Å². The summed E-state index contributed by atoms with van der Waals surface area (Å²) < 4.78 is 0. The summed E-state index contributed by atoms with van der Waals surface area (Å²) in [6.45, 7) is 1.64. The van der Waals surface area contributed by atoms with Gasteiger partial charge in [-0.25, -0.2) is 14.8 Å². The lowest BCUT2D eigenvalue weighted by molar-refractivity contribution is 0.0695. The van der Waals surface area contributed by atoms with Gasteiger partial charge in [0.25, 0.3) is 0 Å². The second-order valence-electron chi connectivity index (χ2n) is 4.56. The number of carboxylic acids is 1. The standard InChI is InChI=1S/C14H16N4O2/c1-9-12(13(19)20)8-15-14(16-9)17-10-4-6-11(7-5-10)18(2)3/h4-8H,1-3H3,(H,19,20)(H,15,16,17). The van der Waals surface area contributed by atoms with Crippen LogP contribution in [-0.4, -0.2) is 35.1 Å². The van der Waals surface area contributed by atoms with Gasteiger partial charge in [-0.2, -0.15) is 0 Å². The molecule has 2 rings (SSSR count). The van der Waals surface area contributed by atoms with E-state index >= 15 is 0 Å². The Morgan fingerprint density at radius 3 is 2.40 bits per heavy atom. The lowest BCUT2D eigenvalue weighted by Crippen LogP contribution is -2.08. The Bertz CT molecular complexity index is 624. The zero-order valence-electron chi connectivity index (χ0n) is 11.6. The van der Waals surface area contributed by atoms with E-state index in [0.717, 1.165) is 11.4 Å². The topological polar surface area (TPSA) is 78.4 Å². The quantitative estimate of drug-likeness (QED) is 0.889. The van der Waals surface area contributed by atoms with E-state index in [1.807, 2.05) is 43.3 Å². The fourth-order valence-electron chi connectivity index (χ4n) is 1.71. The van der Waals surface area contributed by atoms with Crippen molar-refractivity contribution in [1.29, 1.82) is 0 Å². The van der Waals surface area contributed by atoms with Crippen LogP contribution in [0, 0.1) is 6.92 Å². The van der Waals surface area contributed by atoms with Gasteiger partial charge in [0.2, 0.25) is 5.95 Å². The molecule has 1 aromatic carbocycles. The first-order chi connectivity index (χ1) is 9.47. The number of aromatic nitrogens is 2. The number of carboxylic acid groups (broad SMARTS) is 1. The third-order valence-electron chi connectivity index (χ3n) is 2.85. The van der Waals surface area contributed by atoms with Gasteiger partial charge in [0.05, 0.1) is 11.3 Å². The highest BCUT2D eigenvalue weighted by Crippen LogP contribution is 2.18. The number of benzene rings is 1. The maximum absolute atomic E-state index is 10.9. The summed E-state index contributed by atoms with van der Waals surface area (Å²) in [5.41, 5.74) is 2.48. The van der Waals surface area contributed by atoms with Crippen LogP contribution in [0.1, 0.15) is 16.1 Å². The molecule has 0 unspecified atom stereocenters. The van der Waals surface area contributed by atoms with Crippen molar-refractivity contribution >= 4 is 23.3 Å². The molecule has 6 heteroatoms. The van der Waals surface area contributed by atoms with E-state index in [1.165, 1.54) is 6.20 Å². The number of nitrogens with one attached hydrogen (secondary N) is 1. The summed E-state index contributed by atoms with van der Waals surface area (Å²) in [6, 6.07) is 7.78. The van der Waals surface area contributed by atoms with E-state index in [2.05, 4.69) is 15.3 Å².